The number of benzene rings is 2. The van der Waals surface area contributed by atoms with E-state index in [1.165, 1.54) is 6.07 Å². The van der Waals surface area contributed by atoms with E-state index >= 15 is 0 Å². The molecular weight excluding hydrogens is 376 g/mol. The third kappa shape index (κ3) is 5.01. The van der Waals surface area contributed by atoms with Gasteiger partial charge in [-0.2, -0.15) is 0 Å². The first-order chi connectivity index (χ1) is 13.3. The normalized spacial score (nSPS) is 11.2. The van der Waals surface area contributed by atoms with Crippen molar-refractivity contribution < 1.29 is 17.6 Å². The molecule has 7 heteroatoms. The van der Waals surface area contributed by atoms with Crippen LogP contribution in [0.3, 0.4) is 0 Å². The van der Waals surface area contributed by atoms with E-state index in [9.17, 15) is 13.2 Å². The van der Waals surface area contributed by atoms with E-state index in [1.807, 2.05) is 13.0 Å². The van der Waals surface area contributed by atoms with Gasteiger partial charge in [-0.15, -0.1) is 0 Å². The minimum absolute atomic E-state index is 0.123. The lowest BCUT2D eigenvalue weighted by molar-refractivity contribution is -0.116. The fourth-order valence-corrected chi connectivity index (χ4v) is 4.12. The van der Waals surface area contributed by atoms with Crippen LogP contribution >= 0.6 is 0 Å². The topological polar surface area (TPSA) is 88.4 Å². The number of amides is 1. The summed E-state index contributed by atoms with van der Waals surface area (Å²) >= 11 is 0. The Morgan fingerprint density at radius 1 is 1.00 bits per heavy atom. The molecule has 0 unspecified atom stereocenters. The number of carbonyl (C=O) groups is 1. The van der Waals surface area contributed by atoms with Crippen LogP contribution in [0.5, 0.6) is 0 Å². The summed E-state index contributed by atoms with van der Waals surface area (Å²) in [6.45, 7) is 3.61. The highest BCUT2D eigenvalue weighted by Crippen LogP contribution is 2.23. The van der Waals surface area contributed by atoms with Crippen LogP contribution in [-0.2, 0) is 21.2 Å². The van der Waals surface area contributed by atoms with Gasteiger partial charge in [-0.25, -0.2) is 8.42 Å². The van der Waals surface area contributed by atoms with Crippen LogP contribution in [0.15, 0.2) is 70.2 Å². The zero-order valence-corrected chi connectivity index (χ0v) is 16.5. The third-order valence-corrected chi connectivity index (χ3v) is 5.73. The Bertz CT molecular complexity index is 1070. The summed E-state index contributed by atoms with van der Waals surface area (Å²) in [4.78, 5) is 12.3. The van der Waals surface area contributed by atoms with Crippen LogP contribution in [-0.4, -0.2) is 14.3 Å². The van der Waals surface area contributed by atoms with Gasteiger partial charge < -0.3 is 9.73 Å². The lowest BCUT2D eigenvalue weighted by Gasteiger charge is -2.13. The fraction of sp³-hybridized carbons (Fsp3) is 0.190. The summed E-state index contributed by atoms with van der Waals surface area (Å²) in [5.41, 5.74) is 2.47. The molecule has 0 aliphatic heterocycles. The standard InChI is InChI=1S/C21H22N2O4S/c1-15-5-3-6-18(13-15)23-28(25,26)20-14-17(9-8-16(20)2)22-21(24)11-10-19-7-4-12-27-19/h3-9,12-14,23H,10-11H2,1-2H3,(H,22,24). The van der Waals surface area contributed by atoms with Gasteiger partial charge in [0.1, 0.15) is 5.76 Å². The molecule has 0 saturated carbocycles. The first-order valence-electron chi connectivity index (χ1n) is 8.86. The van der Waals surface area contributed by atoms with E-state index in [-0.39, 0.29) is 17.2 Å². The molecule has 0 radical (unpaired) electrons. The average Bonchev–Trinajstić information content (AvgIpc) is 3.15. The van der Waals surface area contributed by atoms with Crippen molar-refractivity contribution in [2.24, 2.45) is 0 Å². The number of nitrogens with one attached hydrogen (secondary N) is 2. The average molecular weight is 398 g/mol. The number of aryl methyl sites for hydroxylation is 3. The molecule has 0 aliphatic carbocycles. The maximum atomic E-state index is 12.8. The molecule has 3 aromatic rings. The number of sulfonamides is 1. The molecule has 0 saturated heterocycles. The molecule has 0 fully saturated rings. The van der Waals surface area contributed by atoms with E-state index in [0.717, 1.165) is 11.3 Å². The zero-order chi connectivity index (χ0) is 20.1. The summed E-state index contributed by atoms with van der Waals surface area (Å²) < 4.78 is 33.4. The van der Waals surface area contributed by atoms with Crippen molar-refractivity contribution in [2.45, 2.75) is 31.6 Å². The molecular formula is C21H22N2O4S. The molecule has 1 aromatic heterocycles. The second kappa shape index (κ2) is 8.31. The predicted octanol–water partition coefficient (Wildman–Crippen LogP) is 4.27. The summed E-state index contributed by atoms with van der Waals surface area (Å²) in [6, 6.07) is 15.5. The van der Waals surface area contributed by atoms with E-state index in [0.29, 0.717) is 23.4 Å². The van der Waals surface area contributed by atoms with Gasteiger partial charge in [0, 0.05) is 24.2 Å². The smallest absolute Gasteiger partial charge is 0.262 e. The van der Waals surface area contributed by atoms with E-state index < -0.39 is 10.0 Å². The van der Waals surface area contributed by atoms with Crippen molar-refractivity contribution in [3.63, 3.8) is 0 Å². The number of rotatable bonds is 7. The first kappa shape index (κ1) is 19.7. The Kier molecular flexibility index (Phi) is 5.84. The summed E-state index contributed by atoms with van der Waals surface area (Å²) in [6.07, 6.45) is 2.28. The maximum Gasteiger partial charge on any atom is 0.262 e. The van der Waals surface area contributed by atoms with Crippen molar-refractivity contribution >= 4 is 27.3 Å². The second-order valence-electron chi connectivity index (χ2n) is 6.58. The molecule has 1 heterocycles. The van der Waals surface area contributed by atoms with Gasteiger partial charge in [0.2, 0.25) is 5.91 Å². The number of carbonyl (C=O) groups excluding carboxylic acids is 1. The highest BCUT2D eigenvalue weighted by Gasteiger charge is 2.18. The number of hydrogen-bond donors (Lipinski definition) is 2. The number of hydrogen-bond acceptors (Lipinski definition) is 4. The van der Waals surface area contributed by atoms with Gasteiger partial charge in [0.05, 0.1) is 11.2 Å². The molecule has 146 valence electrons. The van der Waals surface area contributed by atoms with E-state index in [2.05, 4.69) is 10.0 Å². The van der Waals surface area contributed by atoms with Crippen molar-refractivity contribution in [2.75, 3.05) is 10.0 Å². The largest absolute Gasteiger partial charge is 0.469 e. The second-order valence-corrected chi connectivity index (χ2v) is 8.23. The minimum atomic E-state index is -3.78. The van der Waals surface area contributed by atoms with Crippen molar-refractivity contribution in [3.8, 4) is 0 Å². The Morgan fingerprint density at radius 2 is 1.82 bits per heavy atom. The SMILES string of the molecule is Cc1cccc(NS(=O)(=O)c2cc(NC(=O)CCc3ccco3)ccc2C)c1. The van der Waals surface area contributed by atoms with Crippen LogP contribution in [0.4, 0.5) is 11.4 Å². The monoisotopic (exact) mass is 398 g/mol. The number of anilines is 2. The van der Waals surface area contributed by atoms with Gasteiger partial charge in [0.15, 0.2) is 0 Å². The minimum Gasteiger partial charge on any atom is -0.469 e. The summed E-state index contributed by atoms with van der Waals surface area (Å²) in [5.74, 6) is 0.514. The molecule has 0 aliphatic rings. The van der Waals surface area contributed by atoms with E-state index in [4.69, 9.17) is 4.42 Å². The van der Waals surface area contributed by atoms with Gasteiger partial charge in [0.25, 0.3) is 10.0 Å². The van der Waals surface area contributed by atoms with E-state index in [1.54, 1.807) is 55.7 Å². The van der Waals surface area contributed by atoms with Gasteiger partial charge in [-0.1, -0.05) is 18.2 Å². The quantitative estimate of drug-likeness (QED) is 0.622. The van der Waals surface area contributed by atoms with Crippen molar-refractivity contribution in [1.82, 2.24) is 0 Å². The first-order valence-corrected chi connectivity index (χ1v) is 10.3. The van der Waals surface area contributed by atoms with Crippen LogP contribution in [0.1, 0.15) is 23.3 Å². The molecule has 0 bridgehead atoms. The lowest BCUT2D eigenvalue weighted by Crippen LogP contribution is -2.16. The third-order valence-electron chi connectivity index (χ3n) is 4.21. The van der Waals surface area contributed by atoms with Crippen molar-refractivity contribution in [3.05, 3.63) is 77.7 Å². The highest BCUT2D eigenvalue weighted by atomic mass is 32.2. The van der Waals surface area contributed by atoms with Gasteiger partial charge >= 0.3 is 0 Å². The molecule has 28 heavy (non-hydrogen) atoms. The molecule has 3 rings (SSSR count). The van der Waals surface area contributed by atoms with Crippen LogP contribution in [0.25, 0.3) is 0 Å². The zero-order valence-electron chi connectivity index (χ0n) is 15.7. The Morgan fingerprint density at radius 3 is 2.54 bits per heavy atom. The molecule has 2 aromatic carbocycles. The Labute approximate surface area is 164 Å². The molecule has 1 amide bonds. The molecule has 0 atom stereocenters. The number of furan rings is 1. The Balaban J connectivity index is 1.74. The molecule has 0 spiro atoms. The highest BCUT2D eigenvalue weighted by molar-refractivity contribution is 7.92. The summed E-state index contributed by atoms with van der Waals surface area (Å²) in [5, 5.41) is 2.74. The van der Waals surface area contributed by atoms with Crippen LogP contribution in [0, 0.1) is 13.8 Å². The Hall–Kier alpha value is -3.06. The van der Waals surface area contributed by atoms with Crippen LogP contribution < -0.4 is 10.0 Å². The predicted molar refractivity (Wildman–Crippen MR) is 109 cm³/mol. The fourth-order valence-electron chi connectivity index (χ4n) is 2.80. The van der Waals surface area contributed by atoms with Gasteiger partial charge in [-0.3, -0.25) is 9.52 Å². The molecule has 2 N–H and O–H groups in total. The van der Waals surface area contributed by atoms with Gasteiger partial charge in [-0.05, 0) is 61.4 Å². The van der Waals surface area contributed by atoms with Crippen LogP contribution in [0.2, 0.25) is 0 Å². The maximum absolute atomic E-state index is 12.8. The lowest BCUT2D eigenvalue weighted by atomic mass is 10.2. The molecule has 6 nitrogen and oxygen atoms in total. The summed E-state index contributed by atoms with van der Waals surface area (Å²) in [7, 11) is -3.78. The van der Waals surface area contributed by atoms with Crippen molar-refractivity contribution in [1.29, 1.82) is 0 Å².